The predicted octanol–water partition coefficient (Wildman–Crippen LogP) is 0.272. The second-order valence-corrected chi connectivity index (χ2v) is 1.65. The van der Waals surface area contributed by atoms with E-state index in [-0.39, 0.29) is 21.4 Å². The van der Waals surface area contributed by atoms with E-state index in [0.717, 1.165) is 14.2 Å². The maximum atomic E-state index is 10.1. The molecular formula is C2H6N2O4S-2. The molecule has 0 saturated carbocycles. The van der Waals surface area contributed by atoms with Crippen LogP contribution < -0.4 is 0 Å². The number of nitrogens with zero attached hydrogens (tertiary/aromatic N) is 2. The van der Waals surface area contributed by atoms with Crippen molar-refractivity contribution < 1.29 is 9.68 Å². The predicted molar refractivity (Wildman–Crippen MR) is 32.0 cm³/mol. The van der Waals surface area contributed by atoms with Crippen molar-refractivity contribution in [3.05, 3.63) is 10.4 Å². The Morgan fingerprint density at radius 1 is 1.11 bits per heavy atom. The lowest BCUT2D eigenvalue weighted by Crippen LogP contribution is -2.14. The van der Waals surface area contributed by atoms with Gasteiger partial charge in [0.2, 0.25) is 0 Å². The molecule has 56 valence electrons. The molecule has 0 aliphatic heterocycles. The van der Waals surface area contributed by atoms with Crippen LogP contribution in [-0.2, 0) is 9.68 Å². The number of hydrogen-bond acceptors (Lipinski definition) is 7. The lowest BCUT2D eigenvalue weighted by molar-refractivity contribution is -0.0329. The molecule has 0 aliphatic rings. The van der Waals surface area contributed by atoms with E-state index in [2.05, 4.69) is 9.68 Å². The van der Waals surface area contributed by atoms with Gasteiger partial charge in [0.1, 0.15) is 0 Å². The molecule has 0 radical (unpaired) electrons. The summed E-state index contributed by atoms with van der Waals surface area (Å²) in [5.74, 6) is 0. The lowest BCUT2D eigenvalue weighted by Gasteiger charge is -2.31. The van der Waals surface area contributed by atoms with Crippen LogP contribution in [0.2, 0.25) is 0 Å². The Hall–Kier alpha value is 0.110. The van der Waals surface area contributed by atoms with E-state index in [9.17, 15) is 10.4 Å². The first-order chi connectivity index (χ1) is 4.20. The van der Waals surface area contributed by atoms with E-state index in [1.165, 1.54) is 0 Å². The van der Waals surface area contributed by atoms with E-state index in [4.69, 9.17) is 0 Å². The molecule has 0 unspecified atom stereocenters. The average molecular weight is 154 g/mol. The van der Waals surface area contributed by atoms with Crippen molar-refractivity contribution in [2.45, 2.75) is 0 Å². The highest BCUT2D eigenvalue weighted by Crippen LogP contribution is 2.11. The number of rotatable bonds is 4. The van der Waals surface area contributed by atoms with Gasteiger partial charge in [-0.1, -0.05) is 0 Å². The molecule has 7 heteroatoms. The molecular weight excluding hydrogens is 148 g/mol. The standard InChI is InChI=1S/C2H6N2O4S/c1-7-3(5)9-4(6)8-2/h1-2H3/q-2. The lowest BCUT2D eigenvalue weighted by atomic mass is 11.7. The van der Waals surface area contributed by atoms with Crippen LogP contribution in [0.5, 0.6) is 0 Å². The molecule has 9 heavy (non-hydrogen) atoms. The zero-order valence-electron chi connectivity index (χ0n) is 4.94. The molecule has 0 aromatic heterocycles. The third-order valence-corrected chi connectivity index (χ3v) is 0.996. The van der Waals surface area contributed by atoms with E-state index in [1.807, 2.05) is 0 Å². The van der Waals surface area contributed by atoms with Gasteiger partial charge in [-0.2, -0.15) is 9.26 Å². The summed E-state index contributed by atoms with van der Waals surface area (Å²) in [5, 5.41) is 20.2. The average Bonchev–Trinajstić information content (AvgIpc) is 1.87. The quantitative estimate of drug-likeness (QED) is 0.425. The summed E-state index contributed by atoms with van der Waals surface area (Å²) in [5.41, 5.74) is 0. The Morgan fingerprint density at radius 3 is 1.67 bits per heavy atom. The molecule has 0 aromatic rings. The first kappa shape index (κ1) is 9.11. The van der Waals surface area contributed by atoms with Crippen molar-refractivity contribution in [1.82, 2.24) is 9.26 Å². The van der Waals surface area contributed by atoms with E-state index < -0.39 is 0 Å². The highest BCUT2D eigenvalue weighted by atomic mass is 32.2. The van der Waals surface area contributed by atoms with E-state index in [1.54, 1.807) is 0 Å². The number of hydrogen-bond donors (Lipinski definition) is 0. The summed E-state index contributed by atoms with van der Waals surface area (Å²) in [6.07, 6.45) is 0. The molecule has 0 saturated heterocycles. The van der Waals surface area contributed by atoms with Crippen molar-refractivity contribution in [3.8, 4) is 0 Å². The molecule has 0 amide bonds. The Balaban J connectivity index is 3.22. The van der Waals surface area contributed by atoms with Gasteiger partial charge in [-0.3, -0.25) is 0 Å². The molecule has 6 nitrogen and oxygen atoms in total. The Morgan fingerprint density at radius 2 is 1.44 bits per heavy atom. The molecule has 0 fully saturated rings. The Kier molecular flexibility index (Phi) is 5.00. The summed E-state index contributed by atoms with van der Waals surface area (Å²) in [4.78, 5) is 8.08. The van der Waals surface area contributed by atoms with Gasteiger partial charge < -0.3 is 20.1 Å². The van der Waals surface area contributed by atoms with Gasteiger partial charge in [0, 0.05) is 12.1 Å². The van der Waals surface area contributed by atoms with Gasteiger partial charge in [-0.05, 0) is 0 Å². The largest absolute Gasteiger partial charge is 0.751 e. The molecule has 0 bridgehead atoms. The zero-order valence-corrected chi connectivity index (χ0v) is 5.75. The monoisotopic (exact) mass is 154 g/mol. The zero-order chi connectivity index (χ0) is 7.28. The molecule has 0 aromatic carbocycles. The van der Waals surface area contributed by atoms with Gasteiger partial charge in [0.15, 0.2) is 0 Å². The van der Waals surface area contributed by atoms with Gasteiger partial charge in [-0.15, -0.1) is 0 Å². The third-order valence-electron chi connectivity index (χ3n) is 0.431. The first-order valence-corrected chi connectivity index (χ1v) is 2.64. The first-order valence-electron chi connectivity index (χ1n) is 1.91. The van der Waals surface area contributed by atoms with Gasteiger partial charge in [0.25, 0.3) is 0 Å². The Labute approximate surface area is 56.6 Å². The van der Waals surface area contributed by atoms with Crippen LogP contribution in [0.15, 0.2) is 0 Å². The highest BCUT2D eigenvalue weighted by Gasteiger charge is 1.89. The fourth-order valence-electron chi connectivity index (χ4n) is 0.121. The van der Waals surface area contributed by atoms with Crippen LogP contribution in [0.1, 0.15) is 0 Å². The summed E-state index contributed by atoms with van der Waals surface area (Å²) in [6.45, 7) is 0. The molecule has 0 rings (SSSR count). The van der Waals surface area contributed by atoms with E-state index in [0.29, 0.717) is 0 Å². The Bertz CT molecular complexity index is 65.6. The van der Waals surface area contributed by atoms with Crippen LogP contribution in [0, 0.1) is 10.4 Å². The minimum absolute atomic E-state index is 0.0104. The summed E-state index contributed by atoms with van der Waals surface area (Å²) < 4.78 is 0.0208. The fourth-order valence-corrected chi connectivity index (χ4v) is 0.363. The van der Waals surface area contributed by atoms with Crippen molar-refractivity contribution >= 4 is 12.1 Å². The summed E-state index contributed by atoms with van der Waals surface area (Å²) in [7, 11) is 2.28. The second kappa shape index (κ2) is 4.94. The van der Waals surface area contributed by atoms with Crippen molar-refractivity contribution in [2.75, 3.05) is 14.2 Å². The molecule has 0 spiro atoms. The topological polar surface area (TPSA) is 71.1 Å². The SMILES string of the molecule is CON([O-])SN([O-])OC. The molecule has 0 aliphatic carbocycles. The third kappa shape index (κ3) is 4.60. The second-order valence-electron chi connectivity index (χ2n) is 0.894. The molecule has 0 heterocycles. The summed E-state index contributed by atoms with van der Waals surface area (Å²) >= 11 is 0.211. The van der Waals surface area contributed by atoms with Gasteiger partial charge >= 0.3 is 0 Å². The van der Waals surface area contributed by atoms with Crippen LogP contribution in [0.3, 0.4) is 0 Å². The normalized spacial score (nSPS) is 11.3. The van der Waals surface area contributed by atoms with Gasteiger partial charge in [-0.25, -0.2) is 0 Å². The van der Waals surface area contributed by atoms with Crippen molar-refractivity contribution in [2.24, 2.45) is 0 Å². The minimum Gasteiger partial charge on any atom is -0.751 e. The maximum Gasteiger partial charge on any atom is 0.0574 e. The fraction of sp³-hybridized carbons (Fsp3) is 1.00. The van der Waals surface area contributed by atoms with Gasteiger partial charge in [0.05, 0.1) is 14.2 Å². The molecule has 0 N–H and O–H groups in total. The highest BCUT2D eigenvalue weighted by molar-refractivity contribution is 7.94. The van der Waals surface area contributed by atoms with Crippen molar-refractivity contribution in [3.63, 3.8) is 0 Å². The van der Waals surface area contributed by atoms with Crippen molar-refractivity contribution in [1.29, 1.82) is 0 Å². The minimum atomic E-state index is 0.0104. The van der Waals surface area contributed by atoms with Crippen LogP contribution >= 0.6 is 12.1 Å². The maximum absolute atomic E-state index is 10.1. The molecule has 0 atom stereocenters. The van der Waals surface area contributed by atoms with E-state index >= 15 is 0 Å². The van der Waals surface area contributed by atoms with Crippen LogP contribution in [0.25, 0.3) is 0 Å². The van der Waals surface area contributed by atoms with Crippen LogP contribution in [0.4, 0.5) is 0 Å². The smallest absolute Gasteiger partial charge is 0.0574 e. The summed E-state index contributed by atoms with van der Waals surface area (Å²) in [6, 6.07) is 0. The van der Waals surface area contributed by atoms with Crippen LogP contribution in [-0.4, -0.2) is 23.5 Å².